The van der Waals surface area contributed by atoms with Crippen molar-refractivity contribution in [1.82, 2.24) is 20.5 Å². The molecule has 1 heterocycles. The van der Waals surface area contributed by atoms with Crippen molar-refractivity contribution in [2.24, 2.45) is 12.0 Å². The first-order valence-electron chi connectivity index (χ1n) is 8.12. The van der Waals surface area contributed by atoms with Crippen molar-refractivity contribution in [3.05, 3.63) is 21.9 Å². The van der Waals surface area contributed by atoms with E-state index in [1.54, 1.807) is 10.6 Å². The first-order chi connectivity index (χ1) is 11.6. The highest BCUT2D eigenvalue weighted by Crippen LogP contribution is 2.25. The molecule has 0 aromatic carbocycles. The standard InChI is InChI=1S/C16H27Cl2N5O2.HI/c1-6-19-14(20-7-8-21-15(24)25-16(2,3)4)22-10-11-9-12(17)13(18)23(11)5;/h9H,6-8,10H2,1-5H3,(H,21,24)(H2,19,20,22);1H. The quantitative estimate of drug-likeness (QED) is 0.232. The number of nitrogens with zero attached hydrogens (tertiary/aromatic N) is 2. The molecular formula is C16H28Cl2IN5O2. The SMILES string of the molecule is CCNC(=NCc1cc(Cl)c(Cl)n1C)NCCNC(=O)OC(C)(C)C.I. The van der Waals surface area contributed by atoms with Gasteiger partial charge in [-0.25, -0.2) is 9.79 Å². The summed E-state index contributed by atoms with van der Waals surface area (Å²) in [6.45, 7) is 9.53. The van der Waals surface area contributed by atoms with Gasteiger partial charge in [0.15, 0.2) is 5.96 Å². The van der Waals surface area contributed by atoms with E-state index >= 15 is 0 Å². The number of rotatable bonds is 6. The fourth-order valence-corrected chi connectivity index (χ4v) is 2.32. The van der Waals surface area contributed by atoms with Gasteiger partial charge in [-0.1, -0.05) is 23.2 Å². The molecule has 0 unspecified atom stereocenters. The fraction of sp³-hybridized carbons (Fsp3) is 0.625. The van der Waals surface area contributed by atoms with Gasteiger partial charge in [0.2, 0.25) is 0 Å². The highest BCUT2D eigenvalue weighted by atomic mass is 127. The smallest absolute Gasteiger partial charge is 0.407 e. The average Bonchev–Trinajstić information content (AvgIpc) is 2.74. The van der Waals surface area contributed by atoms with Gasteiger partial charge in [-0.3, -0.25) is 0 Å². The summed E-state index contributed by atoms with van der Waals surface area (Å²) in [4.78, 5) is 16.1. The number of aliphatic imine (C=N–C) groups is 1. The van der Waals surface area contributed by atoms with Crippen molar-refractivity contribution in [3.8, 4) is 0 Å². The highest BCUT2D eigenvalue weighted by Gasteiger charge is 2.15. The van der Waals surface area contributed by atoms with E-state index in [9.17, 15) is 4.79 Å². The van der Waals surface area contributed by atoms with Crippen LogP contribution in [0.1, 0.15) is 33.4 Å². The molecular weight excluding hydrogens is 492 g/mol. The zero-order valence-corrected chi connectivity index (χ0v) is 19.6. The zero-order valence-electron chi connectivity index (χ0n) is 15.8. The van der Waals surface area contributed by atoms with Crippen LogP contribution in [0.4, 0.5) is 4.79 Å². The molecule has 0 saturated carbocycles. The number of halogens is 3. The summed E-state index contributed by atoms with van der Waals surface area (Å²) < 4.78 is 6.97. The third-order valence-electron chi connectivity index (χ3n) is 3.04. The van der Waals surface area contributed by atoms with Crippen LogP contribution in [0.5, 0.6) is 0 Å². The Bertz CT molecular complexity index is 615. The number of ether oxygens (including phenoxy) is 1. The summed E-state index contributed by atoms with van der Waals surface area (Å²) in [5, 5.41) is 9.97. The second-order valence-corrected chi connectivity index (χ2v) is 7.15. The van der Waals surface area contributed by atoms with E-state index in [2.05, 4.69) is 20.9 Å². The fourth-order valence-electron chi connectivity index (χ4n) is 1.90. The second-order valence-electron chi connectivity index (χ2n) is 6.38. The largest absolute Gasteiger partial charge is 0.444 e. The average molecular weight is 520 g/mol. The van der Waals surface area contributed by atoms with E-state index in [1.807, 2.05) is 34.7 Å². The molecule has 1 rings (SSSR count). The van der Waals surface area contributed by atoms with E-state index in [-0.39, 0.29) is 24.0 Å². The van der Waals surface area contributed by atoms with Crippen molar-refractivity contribution in [2.75, 3.05) is 19.6 Å². The first-order valence-corrected chi connectivity index (χ1v) is 8.88. The minimum absolute atomic E-state index is 0. The van der Waals surface area contributed by atoms with Gasteiger partial charge in [-0.2, -0.15) is 0 Å². The lowest BCUT2D eigenvalue weighted by molar-refractivity contribution is 0.0529. The summed E-state index contributed by atoms with van der Waals surface area (Å²) in [6.07, 6.45) is -0.440. The molecule has 0 aliphatic heterocycles. The zero-order chi connectivity index (χ0) is 19.0. The molecule has 1 amide bonds. The number of carbonyl (C=O) groups excluding carboxylic acids is 1. The molecule has 0 aliphatic carbocycles. The van der Waals surface area contributed by atoms with Crippen LogP contribution in [0.25, 0.3) is 0 Å². The number of hydrogen-bond donors (Lipinski definition) is 3. The van der Waals surface area contributed by atoms with Gasteiger partial charge < -0.3 is 25.3 Å². The Labute approximate surface area is 182 Å². The van der Waals surface area contributed by atoms with Crippen LogP contribution in [-0.4, -0.2) is 41.9 Å². The molecule has 0 radical (unpaired) electrons. The number of aromatic nitrogens is 1. The maximum absolute atomic E-state index is 11.6. The molecule has 26 heavy (non-hydrogen) atoms. The van der Waals surface area contributed by atoms with Crippen molar-refractivity contribution >= 4 is 59.2 Å². The normalized spacial score (nSPS) is 11.6. The Kier molecular flexibility index (Phi) is 11.4. The first kappa shape index (κ1) is 25.1. The topological polar surface area (TPSA) is 79.7 Å². The molecule has 0 fully saturated rings. The number of alkyl carbamates (subject to hydrolysis) is 1. The maximum Gasteiger partial charge on any atom is 0.407 e. The minimum atomic E-state index is -0.508. The van der Waals surface area contributed by atoms with Crippen molar-refractivity contribution < 1.29 is 9.53 Å². The van der Waals surface area contributed by atoms with Gasteiger partial charge >= 0.3 is 6.09 Å². The molecule has 1 aromatic rings. The van der Waals surface area contributed by atoms with Gasteiger partial charge in [-0.05, 0) is 33.8 Å². The summed E-state index contributed by atoms with van der Waals surface area (Å²) in [7, 11) is 1.84. The van der Waals surface area contributed by atoms with Crippen LogP contribution in [-0.2, 0) is 18.3 Å². The van der Waals surface area contributed by atoms with Gasteiger partial charge in [0.05, 0.1) is 11.6 Å². The Morgan fingerprint density at radius 3 is 2.35 bits per heavy atom. The molecule has 0 atom stereocenters. The molecule has 3 N–H and O–H groups in total. The lowest BCUT2D eigenvalue weighted by Crippen LogP contribution is -2.42. The van der Waals surface area contributed by atoms with Crippen molar-refractivity contribution in [2.45, 2.75) is 39.8 Å². The summed E-state index contributed by atoms with van der Waals surface area (Å²) >= 11 is 12.1. The van der Waals surface area contributed by atoms with Crippen LogP contribution in [0.3, 0.4) is 0 Å². The molecule has 0 aliphatic rings. The van der Waals surface area contributed by atoms with Gasteiger partial charge in [0.1, 0.15) is 10.8 Å². The van der Waals surface area contributed by atoms with Gasteiger partial charge in [-0.15, -0.1) is 24.0 Å². The maximum atomic E-state index is 11.6. The van der Waals surface area contributed by atoms with E-state index in [4.69, 9.17) is 27.9 Å². The molecule has 0 spiro atoms. The number of nitrogens with one attached hydrogen (secondary N) is 3. The van der Waals surface area contributed by atoms with Crippen molar-refractivity contribution in [1.29, 1.82) is 0 Å². The monoisotopic (exact) mass is 519 g/mol. The van der Waals surface area contributed by atoms with Crippen molar-refractivity contribution in [3.63, 3.8) is 0 Å². The van der Waals surface area contributed by atoms with Crippen LogP contribution in [0, 0.1) is 0 Å². The summed E-state index contributed by atoms with van der Waals surface area (Å²) in [5.41, 5.74) is 0.394. The molecule has 10 heteroatoms. The highest BCUT2D eigenvalue weighted by molar-refractivity contribution is 14.0. The molecule has 0 bridgehead atoms. The predicted octanol–water partition coefficient (Wildman–Crippen LogP) is 3.53. The second kappa shape index (κ2) is 11.8. The summed E-state index contributed by atoms with van der Waals surface area (Å²) in [6, 6.07) is 1.79. The Morgan fingerprint density at radius 1 is 1.23 bits per heavy atom. The van der Waals surface area contributed by atoms with E-state index in [0.717, 1.165) is 12.2 Å². The minimum Gasteiger partial charge on any atom is -0.444 e. The van der Waals surface area contributed by atoms with Crippen LogP contribution < -0.4 is 16.0 Å². The van der Waals surface area contributed by atoms with Gasteiger partial charge in [0.25, 0.3) is 0 Å². The molecule has 7 nitrogen and oxygen atoms in total. The Morgan fingerprint density at radius 2 is 1.85 bits per heavy atom. The van der Waals surface area contributed by atoms with E-state index in [0.29, 0.717) is 35.8 Å². The van der Waals surface area contributed by atoms with Crippen LogP contribution >= 0.6 is 47.2 Å². The van der Waals surface area contributed by atoms with Gasteiger partial charge in [0, 0.05) is 32.4 Å². The van der Waals surface area contributed by atoms with E-state index in [1.165, 1.54) is 0 Å². The third kappa shape index (κ3) is 9.18. The number of carbonyl (C=O) groups is 1. The number of hydrogen-bond acceptors (Lipinski definition) is 3. The molecule has 0 saturated heterocycles. The van der Waals surface area contributed by atoms with Crippen LogP contribution in [0.2, 0.25) is 10.2 Å². The molecule has 150 valence electrons. The number of amides is 1. The lowest BCUT2D eigenvalue weighted by Gasteiger charge is -2.19. The van der Waals surface area contributed by atoms with E-state index < -0.39 is 11.7 Å². The Hall–Kier alpha value is -0.870. The van der Waals surface area contributed by atoms with Crippen LogP contribution in [0.15, 0.2) is 11.1 Å². The molecule has 1 aromatic heterocycles. The lowest BCUT2D eigenvalue weighted by atomic mass is 10.2. The third-order valence-corrected chi connectivity index (χ3v) is 3.89. The number of guanidine groups is 1. The predicted molar refractivity (Wildman–Crippen MR) is 118 cm³/mol. The summed E-state index contributed by atoms with van der Waals surface area (Å²) in [5.74, 6) is 0.641. The Balaban J connectivity index is 0.00000625.